The minimum atomic E-state index is -4.32. The van der Waals surface area contributed by atoms with Crippen molar-refractivity contribution < 1.29 is 30.9 Å². The Hall–Kier alpha value is -1.62. The quantitative estimate of drug-likeness (QED) is 0.718. The van der Waals surface area contributed by atoms with Crippen LogP contribution < -0.4 is 0 Å². The minimum Gasteiger partial charge on any atom is -0.360 e. The van der Waals surface area contributed by atoms with Gasteiger partial charge in [-0.25, -0.2) is 8.42 Å². The van der Waals surface area contributed by atoms with Crippen LogP contribution in [0.5, 0.6) is 0 Å². The Morgan fingerprint density at radius 3 is 2.33 bits per heavy atom. The first-order chi connectivity index (χ1) is 12.5. The number of amides is 1. The van der Waals surface area contributed by atoms with Crippen LogP contribution in [0, 0.1) is 19.8 Å². The molecule has 0 radical (unpaired) electrons. The summed E-state index contributed by atoms with van der Waals surface area (Å²) in [7, 11) is -3.78. The molecule has 0 atom stereocenters. The molecular formula is C16H24F3N3O4S. The van der Waals surface area contributed by atoms with E-state index in [-0.39, 0.29) is 61.3 Å². The molecular weight excluding hydrogens is 387 g/mol. The number of aromatic nitrogens is 1. The Balaban J connectivity index is 2.01. The van der Waals surface area contributed by atoms with Gasteiger partial charge in [0, 0.05) is 32.1 Å². The average Bonchev–Trinajstić information content (AvgIpc) is 2.93. The molecule has 154 valence electrons. The van der Waals surface area contributed by atoms with Gasteiger partial charge in [0.25, 0.3) is 0 Å². The Morgan fingerprint density at radius 2 is 1.89 bits per heavy atom. The van der Waals surface area contributed by atoms with Crippen molar-refractivity contribution >= 4 is 15.9 Å². The van der Waals surface area contributed by atoms with Gasteiger partial charge < -0.3 is 9.42 Å². The van der Waals surface area contributed by atoms with E-state index >= 15 is 0 Å². The van der Waals surface area contributed by atoms with E-state index < -0.39 is 28.5 Å². The predicted molar refractivity (Wildman–Crippen MR) is 90.4 cm³/mol. The Kier molecular flexibility index (Phi) is 6.56. The Morgan fingerprint density at radius 1 is 1.30 bits per heavy atom. The number of sulfonamides is 1. The number of alkyl halides is 3. The summed E-state index contributed by atoms with van der Waals surface area (Å²) < 4.78 is 69.0. The van der Waals surface area contributed by atoms with Gasteiger partial charge in [-0.05, 0) is 33.6 Å². The molecule has 0 bridgehead atoms. The van der Waals surface area contributed by atoms with Gasteiger partial charge in [0.1, 0.15) is 10.6 Å². The van der Waals surface area contributed by atoms with Crippen molar-refractivity contribution in [2.45, 2.75) is 51.1 Å². The third-order valence-electron chi connectivity index (χ3n) is 4.73. The topological polar surface area (TPSA) is 83.7 Å². The molecule has 0 aromatic carbocycles. The number of piperidine rings is 1. The Labute approximate surface area is 156 Å². The molecule has 2 heterocycles. The van der Waals surface area contributed by atoms with Crippen LogP contribution in [-0.4, -0.2) is 61.0 Å². The zero-order valence-electron chi connectivity index (χ0n) is 15.5. The van der Waals surface area contributed by atoms with Crippen molar-refractivity contribution in [1.82, 2.24) is 14.4 Å². The molecule has 7 nitrogen and oxygen atoms in total. The third kappa shape index (κ3) is 5.01. The van der Waals surface area contributed by atoms with Gasteiger partial charge in [0.2, 0.25) is 15.9 Å². The highest BCUT2D eigenvalue weighted by atomic mass is 32.2. The number of hydrogen-bond acceptors (Lipinski definition) is 5. The first-order valence-corrected chi connectivity index (χ1v) is 10.2. The monoisotopic (exact) mass is 411 g/mol. The highest BCUT2D eigenvalue weighted by Crippen LogP contribution is 2.29. The van der Waals surface area contributed by atoms with Gasteiger partial charge in [-0.1, -0.05) is 5.16 Å². The van der Waals surface area contributed by atoms with Crippen molar-refractivity contribution in [2.24, 2.45) is 5.92 Å². The highest BCUT2D eigenvalue weighted by molar-refractivity contribution is 7.89. The molecule has 0 aliphatic carbocycles. The Bertz CT molecular complexity index is 749. The van der Waals surface area contributed by atoms with Crippen LogP contribution in [0.4, 0.5) is 13.2 Å². The van der Waals surface area contributed by atoms with Crippen LogP contribution >= 0.6 is 0 Å². The fraction of sp³-hybridized carbons (Fsp3) is 0.750. The molecule has 27 heavy (non-hydrogen) atoms. The number of carbonyl (C=O) groups excluding carboxylic acids is 1. The van der Waals surface area contributed by atoms with Crippen LogP contribution in [-0.2, 0) is 14.8 Å². The van der Waals surface area contributed by atoms with Gasteiger partial charge in [0.05, 0.1) is 6.42 Å². The zero-order chi connectivity index (χ0) is 20.4. The van der Waals surface area contributed by atoms with Crippen molar-refractivity contribution in [3.8, 4) is 0 Å². The van der Waals surface area contributed by atoms with Gasteiger partial charge >= 0.3 is 6.18 Å². The number of rotatable bonds is 6. The summed E-state index contributed by atoms with van der Waals surface area (Å²) in [5.74, 6) is -0.625. The molecule has 1 aliphatic heterocycles. The maximum atomic E-state index is 12.8. The lowest BCUT2D eigenvalue weighted by atomic mass is 9.96. The van der Waals surface area contributed by atoms with Crippen LogP contribution in [0.1, 0.15) is 37.6 Å². The normalized spacial score (nSPS) is 17.3. The maximum absolute atomic E-state index is 12.8. The number of nitrogens with zero attached hydrogens (tertiary/aromatic N) is 3. The lowest BCUT2D eigenvalue weighted by Gasteiger charge is -2.33. The first-order valence-electron chi connectivity index (χ1n) is 8.76. The van der Waals surface area contributed by atoms with Crippen LogP contribution in [0.25, 0.3) is 0 Å². The molecule has 11 heteroatoms. The lowest BCUT2D eigenvalue weighted by Crippen LogP contribution is -2.45. The van der Waals surface area contributed by atoms with Crippen LogP contribution in [0.2, 0.25) is 0 Å². The fourth-order valence-electron chi connectivity index (χ4n) is 3.26. The minimum absolute atomic E-state index is 0.0349. The first kappa shape index (κ1) is 21.7. The smallest absolute Gasteiger partial charge is 0.360 e. The second-order valence-corrected chi connectivity index (χ2v) is 8.49. The van der Waals surface area contributed by atoms with E-state index in [1.54, 1.807) is 13.8 Å². The van der Waals surface area contributed by atoms with E-state index in [4.69, 9.17) is 4.52 Å². The summed E-state index contributed by atoms with van der Waals surface area (Å²) in [4.78, 5) is 13.7. The lowest BCUT2D eigenvalue weighted by molar-refractivity contribution is -0.148. The number of aryl methyl sites for hydroxylation is 2. The van der Waals surface area contributed by atoms with Gasteiger partial charge in [-0.3, -0.25) is 4.79 Å². The highest BCUT2D eigenvalue weighted by Gasteiger charge is 2.37. The molecule has 0 spiro atoms. The van der Waals surface area contributed by atoms with Crippen LogP contribution in [0.3, 0.4) is 0 Å². The maximum Gasteiger partial charge on any atom is 0.390 e. The molecule has 1 aliphatic rings. The van der Waals surface area contributed by atoms with E-state index in [0.717, 1.165) is 0 Å². The van der Waals surface area contributed by atoms with Crippen molar-refractivity contribution in [3.05, 3.63) is 11.5 Å². The molecule has 0 N–H and O–H groups in total. The molecule has 1 aromatic heterocycles. The number of carbonyl (C=O) groups is 1. The second kappa shape index (κ2) is 8.17. The summed E-state index contributed by atoms with van der Waals surface area (Å²) in [5, 5.41) is 3.66. The molecule has 0 unspecified atom stereocenters. The number of hydrogen-bond donors (Lipinski definition) is 0. The SMILES string of the molecule is CCN(CCC(F)(F)F)C(=O)C1CCN(S(=O)(=O)c2c(C)noc2C)CC1. The third-order valence-corrected chi connectivity index (χ3v) is 6.87. The standard InChI is InChI=1S/C16H24F3N3O4S/c1-4-21(10-7-16(17,18)19)15(23)13-5-8-22(9-6-13)27(24,25)14-11(2)20-26-12(14)3/h13H,4-10H2,1-3H3. The van der Waals surface area contributed by atoms with E-state index in [0.29, 0.717) is 0 Å². The number of halogens is 3. The van der Waals surface area contributed by atoms with Crippen molar-refractivity contribution in [1.29, 1.82) is 0 Å². The summed E-state index contributed by atoms with van der Waals surface area (Å²) in [6.07, 6.45) is -4.83. The van der Waals surface area contributed by atoms with E-state index in [2.05, 4.69) is 5.16 Å². The molecule has 1 amide bonds. The summed E-state index contributed by atoms with van der Waals surface area (Å²) in [5.41, 5.74) is 0.273. The predicted octanol–water partition coefficient (Wildman–Crippen LogP) is 2.49. The summed E-state index contributed by atoms with van der Waals surface area (Å²) in [6.45, 7) is 4.75. The van der Waals surface area contributed by atoms with E-state index in [1.807, 2.05) is 0 Å². The van der Waals surface area contributed by atoms with Gasteiger partial charge in [0.15, 0.2) is 5.76 Å². The fourth-order valence-corrected chi connectivity index (χ4v) is 5.02. The van der Waals surface area contributed by atoms with Crippen LogP contribution in [0.15, 0.2) is 9.42 Å². The van der Waals surface area contributed by atoms with Crippen molar-refractivity contribution in [3.63, 3.8) is 0 Å². The molecule has 0 saturated carbocycles. The van der Waals surface area contributed by atoms with Crippen molar-refractivity contribution in [2.75, 3.05) is 26.2 Å². The van der Waals surface area contributed by atoms with Gasteiger partial charge in [-0.2, -0.15) is 17.5 Å². The van der Waals surface area contributed by atoms with E-state index in [1.165, 1.54) is 16.1 Å². The van der Waals surface area contributed by atoms with Gasteiger partial charge in [-0.15, -0.1) is 0 Å². The largest absolute Gasteiger partial charge is 0.390 e. The average molecular weight is 411 g/mol. The summed E-state index contributed by atoms with van der Waals surface area (Å²) in [6, 6.07) is 0. The molecule has 2 rings (SSSR count). The molecule has 1 aromatic rings. The molecule has 1 saturated heterocycles. The second-order valence-electron chi connectivity index (χ2n) is 6.61. The zero-order valence-corrected chi connectivity index (χ0v) is 16.4. The van der Waals surface area contributed by atoms with E-state index in [9.17, 15) is 26.4 Å². The molecule has 1 fully saturated rings. The summed E-state index contributed by atoms with van der Waals surface area (Å²) >= 11 is 0.